The van der Waals surface area contributed by atoms with Crippen LogP contribution in [0.15, 0.2) is 30.7 Å². The Labute approximate surface area is 164 Å². The number of hydrogen-bond acceptors (Lipinski definition) is 3. The van der Waals surface area contributed by atoms with Crippen molar-refractivity contribution < 1.29 is 13.6 Å². The zero-order valence-corrected chi connectivity index (χ0v) is 16.2. The number of nitrogens with zero attached hydrogens (tertiary/aromatic N) is 4. The number of aryl methyl sites for hydroxylation is 1. The second-order valence-electron chi connectivity index (χ2n) is 8.02. The molecule has 1 aromatic heterocycles. The number of halogens is 2. The van der Waals surface area contributed by atoms with Crippen LogP contribution in [-0.2, 0) is 13.6 Å². The van der Waals surface area contributed by atoms with Crippen molar-refractivity contribution in [3.8, 4) is 0 Å². The number of carbonyl (C=O) groups is 1. The zero-order chi connectivity index (χ0) is 19.7. The average Bonchev–Trinajstić information content (AvgIpc) is 3.35. The second kappa shape index (κ2) is 7.99. The Hall–Kier alpha value is -2.28. The van der Waals surface area contributed by atoms with Gasteiger partial charge < -0.3 is 9.47 Å². The maximum absolute atomic E-state index is 13.9. The van der Waals surface area contributed by atoms with Gasteiger partial charge in [-0.25, -0.2) is 13.8 Å². The molecule has 1 aromatic carbocycles. The van der Waals surface area contributed by atoms with Crippen molar-refractivity contribution in [1.29, 1.82) is 0 Å². The number of benzene rings is 1. The van der Waals surface area contributed by atoms with Crippen LogP contribution in [0.1, 0.15) is 35.3 Å². The van der Waals surface area contributed by atoms with Gasteiger partial charge in [-0.05, 0) is 50.3 Å². The van der Waals surface area contributed by atoms with Crippen molar-refractivity contribution in [2.24, 2.45) is 18.9 Å². The predicted octanol–water partition coefficient (Wildman–Crippen LogP) is 3.07. The van der Waals surface area contributed by atoms with E-state index in [2.05, 4.69) is 9.88 Å². The first-order chi connectivity index (χ1) is 13.5. The van der Waals surface area contributed by atoms with Crippen LogP contribution in [0.3, 0.4) is 0 Å². The van der Waals surface area contributed by atoms with Crippen LogP contribution in [0.25, 0.3) is 0 Å². The van der Waals surface area contributed by atoms with Gasteiger partial charge in [0.15, 0.2) is 11.6 Å². The minimum Gasteiger partial charge on any atom is -0.337 e. The van der Waals surface area contributed by atoms with Crippen LogP contribution >= 0.6 is 0 Å². The number of aromatic nitrogens is 2. The molecule has 1 unspecified atom stereocenters. The largest absolute Gasteiger partial charge is 0.337 e. The molecular weight excluding hydrogens is 362 g/mol. The molecule has 2 aliphatic heterocycles. The smallest absolute Gasteiger partial charge is 0.272 e. The summed E-state index contributed by atoms with van der Waals surface area (Å²) in [6.07, 6.45) is 6.38. The van der Waals surface area contributed by atoms with Gasteiger partial charge in [0.2, 0.25) is 0 Å². The molecule has 2 saturated heterocycles. The van der Waals surface area contributed by atoms with Crippen molar-refractivity contribution in [3.63, 3.8) is 0 Å². The van der Waals surface area contributed by atoms with Gasteiger partial charge in [0.05, 0.1) is 12.5 Å². The SMILES string of the molecule is Cn1cncc1C(=O)N1CCC(C2CCN(Cc3cccc(F)c3F)CC2)C1. The zero-order valence-electron chi connectivity index (χ0n) is 16.2. The highest BCUT2D eigenvalue weighted by molar-refractivity contribution is 5.92. The molecular formula is C21H26F2N4O. The van der Waals surface area contributed by atoms with Crippen molar-refractivity contribution in [3.05, 3.63) is 53.6 Å². The number of rotatable bonds is 4. The van der Waals surface area contributed by atoms with E-state index in [1.165, 1.54) is 0 Å². The van der Waals surface area contributed by atoms with E-state index in [1.54, 1.807) is 29.2 Å². The van der Waals surface area contributed by atoms with Gasteiger partial charge >= 0.3 is 0 Å². The molecule has 1 atom stereocenters. The van der Waals surface area contributed by atoms with Crippen molar-refractivity contribution in [2.45, 2.75) is 25.8 Å². The summed E-state index contributed by atoms with van der Waals surface area (Å²) < 4.78 is 29.1. The molecule has 1 amide bonds. The maximum Gasteiger partial charge on any atom is 0.272 e. The standard InChI is InChI=1S/C21H26F2N4O/c1-25-14-24-11-19(25)21(28)27-10-7-16(13-27)15-5-8-26(9-6-15)12-17-3-2-4-18(22)20(17)23/h2-4,11,14-16H,5-10,12-13H2,1H3. The first kappa shape index (κ1) is 19.1. The highest BCUT2D eigenvalue weighted by atomic mass is 19.2. The summed E-state index contributed by atoms with van der Waals surface area (Å²) >= 11 is 0. The van der Waals surface area contributed by atoms with E-state index < -0.39 is 11.6 Å². The van der Waals surface area contributed by atoms with E-state index in [1.807, 2.05) is 11.9 Å². The van der Waals surface area contributed by atoms with E-state index in [0.29, 0.717) is 29.6 Å². The molecule has 0 N–H and O–H groups in total. The molecule has 0 bridgehead atoms. The number of imidazole rings is 1. The fraction of sp³-hybridized carbons (Fsp3) is 0.524. The molecule has 0 saturated carbocycles. The number of amides is 1. The molecule has 2 fully saturated rings. The first-order valence-corrected chi connectivity index (χ1v) is 9.93. The topological polar surface area (TPSA) is 41.4 Å². The normalized spacial score (nSPS) is 21.4. The summed E-state index contributed by atoms with van der Waals surface area (Å²) in [5, 5.41) is 0. The van der Waals surface area contributed by atoms with E-state index in [9.17, 15) is 13.6 Å². The second-order valence-corrected chi connectivity index (χ2v) is 8.02. The fourth-order valence-electron chi connectivity index (χ4n) is 4.58. The molecule has 0 aliphatic carbocycles. The van der Waals surface area contributed by atoms with Crippen molar-refractivity contribution in [1.82, 2.24) is 19.4 Å². The highest BCUT2D eigenvalue weighted by Crippen LogP contribution is 2.33. The molecule has 2 aliphatic rings. The van der Waals surface area contributed by atoms with Crippen molar-refractivity contribution in [2.75, 3.05) is 26.2 Å². The summed E-state index contributed by atoms with van der Waals surface area (Å²) in [5.74, 6) is -0.356. The molecule has 28 heavy (non-hydrogen) atoms. The van der Waals surface area contributed by atoms with E-state index in [-0.39, 0.29) is 5.91 Å². The van der Waals surface area contributed by atoms with Crippen LogP contribution in [0, 0.1) is 23.5 Å². The highest BCUT2D eigenvalue weighted by Gasteiger charge is 2.34. The van der Waals surface area contributed by atoms with E-state index >= 15 is 0 Å². The molecule has 4 rings (SSSR count). The molecule has 0 spiro atoms. The van der Waals surface area contributed by atoms with Gasteiger partial charge in [0.25, 0.3) is 5.91 Å². The molecule has 150 valence electrons. The third kappa shape index (κ3) is 3.81. The van der Waals surface area contributed by atoms with Gasteiger partial charge in [-0.3, -0.25) is 9.69 Å². The number of carbonyl (C=O) groups excluding carboxylic acids is 1. The first-order valence-electron chi connectivity index (χ1n) is 9.93. The summed E-state index contributed by atoms with van der Waals surface area (Å²) in [7, 11) is 1.84. The molecule has 5 nitrogen and oxygen atoms in total. The van der Waals surface area contributed by atoms with Crippen LogP contribution in [0.2, 0.25) is 0 Å². The summed E-state index contributed by atoms with van der Waals surface area (Å²) in [6, 6.07) is 4.37. The Morgan fingerprint density at radius 2 is 1.89 bits per heavy atom. The Balaban J connectivity index is 1.29. The van der Waals surface area contributed by atoms with E-state index in [4.69, 9.17) is 0 Å². The Kier molecular flexibility index (Phi) is 5.44. The molecule has 2 aromatic rings. The van der Waals surface area contributed by atoms with Crippen LogP contribution in [0.4, 0.5) is 8.78 Å². The Morgan fingerprint density at radius 3 is 2.61 bits per heavy atom. The quantitative estimate of drug-likeness (QED) is 0.808. The van der Waals surface area contributed by atoms with Gasteiger partial charge in [0.1, 0.15) is 5.69 Å². The number of piperidine rings is 1. The minimum atomic E-state index is -0.781. The summed E-state index contributed by atoms with van der Waals surface area (Å²) in [6.45, 7) is 3.81. The maximum atomic E-state index is 13.9. The van der Waals surface area contributed by atoms with Crippen LogP contribution in [0.5, 0.6) is 0 Å². The lowest BCUT2D eigenvalue weighted by molar-refractivity contribution is 0.0763. The summed E-state index contributed by atoms with van der Waals surface area (Å²) in [5.41, 5.74) is 1.06. The summed E-state index contributed by atoms with van der Waals surface area (Å²) in [4.78, 5) is 20.8. The van der Waals surface area contributed by atoms with Gasteiger partial charge in [-0.15, -0.1) is 0 Å². The predicted molar refractivity (Wildman–Crippen MR) is 102 cm³/mol. The monoisotopic (exact) mass is 388 g/mol. The van der Waals surface area contributed by atoms with Crippen molar-refractivity contribution >= 4 is 5.91 Å². The minimum absolute atomic E-state index is 0.0570. The van der Waals surface area contributed by atoms with Gasteiger partial charge in [0, 0.05) is 32.2 Å². The van der Waals surface area contributed by atoms with Crippen LogP contribution < -0.4 is 0 Å². The lowest BCUT2D eigenvalue weighted by Crippen LogP contribution is -2.37. The fourth-order valence-corrected chi connectivity index (χ4v) is 4.58. The lowest BCUT2D eigenvalue weighted by atomic mass is 9.83. The third-order valence-electron chi connectivity index (χ3n) is 6.27. The molecule has 7 heteroatoms. The molecule has 3 heterocycles. The van der Waals surface area contributed by atoms with Gasteiger partial charge in [-0.2, -0.15) is 0 Å². The van der Waals surface area contributed by atoms with Crippen LogP contribution in [-0.4, -0.2) is 51.4 Å². The average molecular weight is 388 g/mol. The van der Waals surface area contributed by atoms with Gasteiger partial charge in [-0.1, -0.05) is 12.1 Å². The Bertz CT molecular complexity index is 845. The van der Waals surface area contributed by atoms with E-state index in [0.717, 1.165) is 51.5 Å². The number of likely N-dealkylation sites (tertiary alicyclic amines) is 2. The molecule has 0 radical (unpaired) electrons. The third-order valence-corrected chi connectivity index (χ3v) is 6.27. The lowest BCUT2D eigenvalue weighted by Gasteiger charge is -2.35. The number of hydrogen-bond donors (Lipinski definition) is 0. The Morgan fingerprint density at radius 1 is 1.14 bits per heavy atom.